The van der Waals surface area contributed by atoms with Crippen molar-refractivity contribution in [3.8, 4) is 0 Å². The first-order valence-electron chi connectivity index (χ1n) is 3.59. The van der Waals surface area contributed by atoms with Gasteiger partial charge in [0, 0.05) is 0 Å². The standard InChI is InChI=1S/C9H9NSe/c1-6-5-8-3-4-11-9(8)7(2)10-6/h3-5H,1-2H3. The van der Waals surface area contributed by atoms with Gasteiger partial charge in [0.05, 0.1) is 0 Å². The van der Waals surface area contributed by atoms with Crippen LogP contribution >= 0.6 is 0 Å². The van der Waals surface area contributed by atoms with Gasteiger partial charge in [-0.2, -0.15) is 0 Å². The minimum absolute atomic E-state index is 0.542. The third-order valence-electron chi connectivity index (χ3n) is 1.73. The molecule has 0 N–H and O–H groups in total. The molecule has 0 aliphatic rings. The van der Waals surface area contributed by atoms with Gasteiger partial charge < -0.3 is 0 Å². The number of hydrogen-bond acceptors (Lipinski definition) is 1. The summed E-state index contributed by atoms with van der Waals surface area (Å²) in [6.45, 7) is 4.15. The van der Waals surface area contributed by atoms with Gasteiger partial charge in [-0.1, -0.05) is 0 Å². The monoisotopic (exact) mass is 211 g/mol. The fourth-order valence-corrected chi connectivity index (χ4v) is 3.04. The maximum absolute atomic E-state index is 4.42. The average Bonchev–Trinajstić information content (AvgIpc) is 2.34. The van der Waals surface area contributed by atoms with E-state index in [0.717, 1.165) is 5.69 Å². The molecule has 0 aliphatic carbocycles. The van der Waals surface area contributed by atoms with E-state index >= 15 is 0 Å². The SMILES string of the molecule is Cc1cc2cc[se]c2c(C)n1. The van der Waals surface area contributed by atoms with Crippen LogP contribution < -0.4 is 0 Å². The molecule has 0 aliphatic heterocycles. The Morgan fingerprint density at radius 1 is 1.36 bits per heavy atom. The molecule has 0 spiro atoms. The number of nitrogens with zero attached hydrogens (tertiary/aromatic N) is 1. The molecule has 0 saturated heterocycles. The topological polar surface area (TPSA) is 12.9 Å². The van der Waals surface area contributed by atoms with Crippen molar-refractivity contribution in [1.82, 2.24) is 4.98 Å². The zero-order chi connectivity index (χ0) is 7.84. The van der Waals surface area contributed by atoms with Crippen molar-refractivity contribution < 1.29 is 0 Å². The van der Waals surface area contributed by atoms with Crippen LogP contribution in [0.25, 0.3) is 9.65 Å². The molecule has 56 valence electrons. The molecule has 0 fully saturated rings. The van der Waals surface area contributed by atoms with Crippen molar-refractivity contribution in [3.05, 3.63) is 28.5 Å². The predicted molar refractivity (Wildman–Crippen MR) is 48.2 cm³/mol. The van der Waals surface area contributed by atoms with E-state index in [9.17, 15) is 0 Å². The van der Waals surface area contributed by atoms with Crippen LogP contribution in [0.4, 0.5) is 0 Å². The summed E-state index contributed by atoms with van der Waals surface area (Å²) in [6, 6.07) is 4.37. The average molecular weight is 210 g/mol. The molecule has 11 heavy (non-hydrogen) atoms. The van der Waals surface area contributed by atoms with Crippen molar-refractivity contribution in [2.45, 2.75) is 13.8 Å². The summed E-state index contributed by atoms with van der Waals surface area (Å²) >= 11 is 0.542. The summed E-state index contributed by atoms with van der Waals surface area (Å²) in [7, 11) is 0. The van der Waals surface area contributed by atoms with Crippen molar-refractivity contribution in [3.63, 3.8) is 0 Å². The number of aryl methyl sites for hydroxylation is 2. The Morgan fingerprint density at radius 2 is 2.18 bits per heavy atom. The van der Waals surface area contributed by atoms with Crippen molar-refractivity contribution >= 4 is 24.1 Å². The van der Waals surface area contributed by atoms with Crippen LogP contribution in [0.5, 0.6) is 0 Å². The molecule has 0 aromatic carbocycles. The molecule has 0 atom stereocenters. The Balaban J connectivity index is 2.91. The molecular weight excluding hydrogens is 201 g/mol. The Bertz CT molecular complexity index is 389. The number of aromatic nitrogens is 1. The van der Waals surface area contributed by atoms with Gasteiger partial charge in [-0.25, -0.2) is 0 Å². The second-order valence-electron chi connectivity index (χ2n) is 2.69. The van der Waals surface area contributed by atoms with Crippen molar-refractivity contribution in [2.75, 3.05) is 0 Å². The first-order chi connectivity index (χ1) is 5.27. The molecule has 1 nitrogen and oxygen atoms in total. The molecule has 2 heterocycles. The second-order valence-corrected chi connectivity index (χ2v) is 4.61. The fourth-order valence-electron chi connectivity index (χ4n) is 1.30. The van der Waals surface area contributed by atoms with E-state index in [-0.39, 0.29) is 0 Å². The van der Waals surface area contributed by atoms with Gasteiger partial charge in [-0.05, 0) is 0 Å². The van der Waals surface area contributed by atoms with Crippen LogP contribution in [-0.4, -0.2) is 19.5 Å². The Morgan fingerprint density at radius 3 is 3.00 bits per heavy atom. The van der Waals surface area contributed by atoms with Gasteiger partial charge in [-0.15, -0.1) is 0 Å². The molecule has 0 unspecified atom stereocenters. The molecule has 0 bridgehead atoms. The Hall–Kier alpha value is -0.591. The first-order valence-corrected chi connectivity index (χ1v) is 5.43. The molecule has 2 aromatic heterocycles. The number of rotatable bonds is 0. The molecule has 0 saturated carbocycles. The van der Waals surface area contributed by atoms with Gasteiger partial charge in [0.2, 0.25) is 0 Å². The molecule has 2 aromatic rings. The van der Waals surface area contributed by atoms with Crippen molar-refractivity contribution in [1.29, 1.82) is 0 Å². The first kappa shape index (κ1) is 7.08. The molecule has 2 heteroatoms. The van der Waals surface area contributed by atoms with Gasteiger partial charge in [-0.3, -0.25) is 0 Å². The summed E-state index contributed by atoms with van der Waals surface area (Å²) in [5, 5.41) is 1.38. The third-order valence-corrected chi connectivity index (χ3v) is 3.91. The number of pyridine rings is 1. The van der Waals surface area contributed by atoms with E-state index in [1.54, 1.807) is 0 Å². The van der Waals surface area contributed by atoms with E-state index < -0.39 is 0 Å². The minimum atomic E-state index is 0.542. The summed E-state index contributed by atoms with van der Waals surface area (Å²) in [4.78, 5) is 6.68. The zero-order valence-corrected chi connectivity index (χ0v) is 8.30. The van der Waals surface area contributed by atoms with Crippen molar-refractivity contribution in [2.24, 2.45) is 0 Å². The van der Waals surface area contributed by atoms with Gasteiger partial charge in [0.15, 0.2) is 0 Å². The normalized spacial score (nSPS) is 10.7. The molecule has 0 amide bonds. The number of hydrogen-bond donors (Lipinski definition) is 0. The quantitative estimate of drug-likeness (QED) is 0.605. The van der Waals surface area contributed by atoms with Crippen LogP contribution in [0.15, 0.2) is 17.1 Å². The maximum atomic E-state index is 4.42. The van der Waals surface area contributed by atoms with E-state index in [1.165, 1.54) is 15.3 Å². The van der Waals surface area contributed by atoms with Crippen LogP contribution in [0.3, 0.4) is 0 Å². The van der Waals surface area contributed by atoms with E-state index in [4.69, 9.17) is 0 Å². The summed E-state index contributed by atoms with van der Waals surface area (Å²) in [5.41, 5.74) is 2.34. The van der Waals surface area contributed by atoms with Crippen LogP contribution in [0.1, 0.15) is 11.4 Å². The summed E-state index contributed by atoms with van der Waals surface area (Å²) < 4.78 is 1.46. The van der Waals surface area contributed by atoms with E-state index in [2.05, 4.69) is 29.0 Å². The summed E-state index contributed by atoms with van der Waals surface area (Å²) in [5.74, 6) is 0. The predicted octanol–water partition coefficient (Wildman–Crippen LogP) is 1.91. The summed E-state index contributed by atoms with van der Waals surface area (Å²) in [6.07, 6.45) is 0. The molecule has 2 rings (SSSR count). The van der Waals surface area contributed by atoms with E-state index in [1.807, 2.05) is 6.92 Å². The van der Waals surface area contributed by atoms with Crippen LogP contribution in [-0.2, 0) is 0 Å². The number of fused-ring (bicyclic) bond motifs is 1. The fraction of sp³-hybridized carbons (Fsp3) is 0.222. The van der Waals surface area contributed by atoms with Crippen LogP contribution in [0, 0.1) is 13.8 Å². The second kappa shape index (κ2) is 2.47. The molecule has 0 radical (unpaired) electrons. The van der Waals surface area contributed by atoms with Gasteiger partial charge in [0.1, 0.15) is 0 Å². The van der Waals surface area contributed by atoms with Gasteiger partial charge in [0.25, 0.3) is 0 Å². The molecular formula is C9H9NSe. The Labute approximate surface area is 71.8 Å². The van der Waals surface area contributed by atoms with Gasteiger partial charge >= 0.3 is 71.4 Å². The van der Waals surface area contributed by atoms with E-state index in [0.29, 0.717) is 14.5 Å². The zero-order valence-electron chi connectivity index (χ0n) is 6.59. The Kier molecular flexibility index (Phi) is 1.59. The van der Waals surface area contributed by atoms with Crippen LogP contribution in [0.2, 0.25) is 0 Å². The third kappa shape index (κ3) is 1.13.